The summed E-state index contributed by atoms with van der Waals surface area (Å²) >= 11 is 9.04. The molecule has 0 N–H and O–H groups in total. The molecule has 1 aromatic heterocycles. The molecule has 2 rings (SSSR count). The van der Waals surface area contributed by atoms with E-state index >= 15 is 0 Å². The first-order valence-corrected chi connectivity index (χ1v) is 5.96. The zero-order valence-corrected chi connectivity index (χ0v) is 11.2. The summed E-state index contributed by atoms with van der Waals surface area (Å²) in [6.45, 7) is 0. The smallest absolute Gasteiger partial charge is 0.311 e. The predicted octanol–water partition coefficient (Wildman–Crippen LogP) is 4.20. The molecule has 0 fully saturated rings. The van der Waals surface area contributed by atoms with Crippen molar-refractivity contribution in [3.8, 4) is 11.5 Å². The van der Waals surface area contributed by atoms with Gasteiger partial charge in [0.05, 0.1) is 9.40 Å². The maximum atomic E-state index is 10.9. The fourth-order valence-electron chi connectivity index (χ4n) is 1.28. The van der Waals surface area contributed by atoms with Crippen LogP contribution in [0, 0.1) is 10.1 Å². The molecule has 0 radical (unpaired) electrons. The minimum Gasteiger partial charge on any atom is -0.449 e. The van der Waals surface area contributed by atoms with E-state index in [4.69, 9.17) is 16.3 Å². The van der Waals surface area contributed by atoms with Crippen LogP contribution in [0.5, 0.6) is 11.5 Å². The number of nitro groups is 1. The Kier molecular flexibility index (Phi) is 3.78. The maximum absolute atomic E-state index is 10.9. The first-order chi connectivity index (χ1) is 8.58. The van der Waals surface area contributed by atoms with Gasteiger partial charge >= 0.3 is 5.69 Å². The van der Waals surface area contributed by atoms with Gasteiger partial charge in [0.25, 0.3) is 0 Å². The van der Waals surface area contributed by atoms with Crippen molar-refractivity contribution in [3.63, 3.8) is 0 Å². The number of nitrogens with zero attached hydrogens (tertiary/aromatic N) is 2. The van der Waals surface area contributed by atoms with Gasteiger partial charge in [0, 0.05) is 35.6 Å². The van der Waals surface area contributed by atoms with E-state index in [1.165, 1.54) is 30.6 Å². The quantitative estimate of drug-likeness (QED) is 0.625. The van der Waals surface area contributed by atoms with Gasteiger partial charge in [0.15, 0.2) is 0 Å². The third-order valence-electron chi connectivity index (χ3n) is 2.07. The normalized spacial score (nSPS) is 10.1. The lowest BCUT2D eigenvalue weighted by molar-refractivity contribution is -0.385. The van der Waals surface area contributed by atoms with Gasteiger partial charge in [-0.25, -0.2) is 0 Å². The molecule has 0 amide bonds. The molecule has 0 aliphatic rings. The first kappa shape index (κ1) is 12.8. The van der Waals surface area contributed by atoms with Gasteiger partial charge in [-0.1, -0.05) is 11.6 Å². The highest BCUT2D eigenvalue weighted by Crippen LogP contribution is 2.36. The Labute approximate surface area is 116 Å². The van der Waals surface area contributed by atoms with Crippen LogP contribution in [0.4, 0.5) is 5.69 Å². The highest BCUT2D eigenvalue weighted by molar-refractivity contribution is 9.10. The molecule has 0 unspecified atom stereocenters. The average molecular weight is 330 g/mol. The van der Waals surface area contributed by atoms with E-state index in [2.05, 4.69) is 20.9 Å². The Morgan fingerprint density at radius 3 is 2.78 bits per heavy atom. The van der Waals surface area contributed by atoms with Gasteiger partial charge in [-0.15, -0.1) is 0 Å². The summed E-state index contributed by atoms with van der Waals surface area (Å²) in [7, 11) is 0. The number of hydrogen-bond donors (Lipinski definition) is 0. The minimum absolute atomic E-state index is 0.0828. The Hall–Kier alpha value is -1.66. The van der Waals surface area contributed by atoms with Gasteiger partial charge in [-0.2, -0.15) is 0 Å². The number of pyridine rings is 1. The molecule has 0 spiro atoms. The zero-order valence-electron chi connectivity index (χ0n) is 8.84. The number of nitro benzene ring substituents is 1. The van der Waals surface area contributed by atoms with Crippen LogP contribution in [-0.2, 0) is 0 Å². The van der Waals surface area contributed by atoms with Crippen LogP contribution in [0.25, 0.3) is 0 Å². The monoisotopic (exact) mass is 328 g/mol. The third kappa shape index (κ3) is 2.77. The van der Waals surface area contributed by atoms with Gasteiger partial charge in [0.2, 0.25) is 5.75 Å². The Bertz CT molecular complexity index is 607. The molecule has 0 saturated heterocycles. The molecule has 92 valence electrons. The molecular formula is C11H6BrClN2O3. The molecule has 0 bridgehead atoms. The van der Waals surface area contributed by atoms with Crippen LogP contribution in [0.2, 0.25) is 5.02 Å². The highest BCUT2D eigenvalue weighted by Gasteiger charge is 2.17. The fraction of sp³-hybridized carbons (Fsp3) is 0. The molecule has 0 aliphatic carbocycles. The molecular weight excluding hydrogens is 323 g/mol. The van der Waals surface area contributed by atoms with E-state index in [0.717, 1.165) is 0 Å². The summed E-state index contributed by atoms with van der Waals surface area (Å²) in [6.07, 6.45) is 3.06. The van der Waals surface area contributed by atoms with Crippen molar-refractivity contribution < 1.29 is 9.66 Å². The molecule has 0 atom stereocenters. The number of hydrogen-bond acceptors (Lipinski definition) is 4. The second kappa shape index (κ2) is 5.32. The molecule has 7 heteroatoms. The predicted molar refractivity (Wildman–Crippen MR) is 70.1 cm³/mol. The summed E-state index contributed by atoms with van der Waals surface area (Å²) in [5.74, 6) is 0.509. The second-order valence-corrected chi connectivity index (χ2v) is 4.57. The molecule has 2 aromatic rings. The number of rotatable bonds is 3. The van der Waals surface area contributed by atoms with Crippen molar-refractivity contribution in [1.29, 1.82) is 0 Å². The Morgan fingerprint density at radius 1 is 1.33 bits per heavy atom. The van der Waals surface area contributed by atoms with Crippen LogP contribution in [0.1, 0.15) is 0 Å². The topological polar surface area (TPSA) is 65.3 Å². The van der Waals surface area contributed by atoms with Gasteiger partial charge in [-0.05, 0) is 22.0 Å². The Balaban J connectivity index is 2.42. The number of ether oxygens (including phenoxy) is 1. The molecule has 0 aliphatic heterocycles. The van der Waals surface area contributed by atoms with Crippen molar-refractivity contribution in [2.45, 2.75) is 0 Å². The third-order valence-corrected chi connectivity index (χ3v) is 2.90. The summed E-state index contributed by atoms with van der Waals surface area (Å²) in [5.41, 5.74) is -0.150. The van der Waals surface area contributed by atoms with Crippen molar-refractivity contribution in [1.82, 2.24) is 4.98 Å². The fourth-order valence-corrected chi connectivity index (χ4v) is 1.78. The van der Waals surface area contributed by atoms with Crippen LogP contribution in [-0.4, -0.2) is 9.91 Å². The summed E-state index contributed by atoms with van der Waals surface area (Å²) < 4.78 is 6.07. The summed E-state index contributed by atoms with van der Waals surface area (Å²) in [6, 6.07) is 5.72. The van der Waals surface area contributed by atoms with Gasteiger partial charge in [-0.3, -0.25) is 15.1 Å². The van der Waals surface area contributed by atoms with E-state index in [0.29, 0.717) is 15.2 Å². The summed E-state index contributed by atoms with van der Waals surface area (Å²) in [5, 5.41) is 11.2. The van der Waals surface area contributed by atoms with Crippen molar-refractivity contribution in [3.05, 3.63) is 56.3 Å². The second-order valence-electron chi connectivity index (χ2n) is 3.28. The van der Waals surface area contributed by atoms with E-state index in [1.54, 1.807) is 6.07 Å². The zero-order chi connectivity index (χ0) is 13.1. The van der Waals surface area contributed by atoms with Crippen molar-refractivity contribution >= 4 is 33.2 Å². The molecule has 18 heavy (non-hydrogen) atoms. The van der Waals surface area contributed by atoms with E-state index < -0.39 is 4.92 Å². The van der Waals surface area contributed by atoms with Crippen LogP contribution >= 0.6 is 27.5 Å². The van der Waals surface area contributed by atoms with Crippen molar-refractivity contribution in [2.24, 2.45) is 0 Å². The van der Waals surface area contributed by atoms with Gasteiger partial charge in [0.1, 0.15) is 5.75 Å². The average Bonchev–Trinajstić information content (AvgIpc) is 2.32. The van der Waals surface area contributed by atoms with E-state index in [9.17, 15) is 10.1 Å². The lowest BCUT2D eigenvalue weighted by Gasteiger charge is -2.07. The van der Waals surface area contributed by atoms with Crippen LogP contribution in [0.3, 0.4) is 0 Å². The first-order valence-electron chi connectivity index (χ1n) is 4.79. The SMILES string of the molecule is O=[N+]([O-])c1ccc(Cl)cc1Oc1ccncc1Br. The molecule has 0 saturated carbocycles. The van der Waals surface area contributed by atoms with E-state index in [1.807, 2.05) is 0 Å². The largest absolute Gasteiger partial charge is 0.449 e. The summed E-state index contributed by atoms with van der Waals surface area (Å²) in [4.78, 5) is 14.2. The molecule has 1 aromatic carbocycles. The highest BCUT2D eigenvalue weighted by atomic mass is 79.9. The number of aromatic nitrogens is 1. The maximum Gasteiger partial charge on any atom is 0.311 e. The van der Waals surface area contributed by atoms with Gasteiger partial charge < -0.3 is 4.74 Å². The van der Waals surface area contributed by atoms with Crippen LogP contribution < -0.4 is 4.74 Å². The molecule has 5 nitrogen and oxygen atoms in total. The lowest BCUT2D eigenvalue weighted by atomic mass is 10.3. The standard InChI is InChI=1S/C11H6BrClN2O3/c12-8-6-14-4-3-10(8)18-11-5-7(13)1-2-9(11)15(16)17/h1-6H. The lowest BCUT2D eigenvalue weighted by Crippen LogP contribution is -1.94. The minimum atomic E-state index is -0.527. The number of benzene rings is 1. The molecule has 1 heterocycles. The number of halogens is 2. The van der Waals surface area contributed by atoms with Crippen molar-refractivity contribution in [2.75, 3.05) is 0 Å². The van der Waals surface area contributed by atoms with E-state index in [-0.39, 0.29) is 11.4 Å². The Morgan fingerprint density at radius 2 is 2.11 bits per heavy atom. The van der Waals surface area contributed by atoms with Crippen LogP contribution in [0.15, 0.2) is 41.1 Å².